The second-order valence-corrected chi connectivity index (χ2v) is 10.3. The van der Waals surface area contributed by atoms with Crippen LogP contribution in [0.2, 0.25) is 0 Å². The molecule has 2 aromatic carbocycles. The molecule has 1 aliphatic rings. The summed E-state index contributed by atoms with van der Waals surface area (Å²) in [5.41, 5.74) is 3.01. The number of rotatable bonds is 5. The molecule has 3 aromatic rings. The molecule has 5 nitrogen and oxygen atoms in total. The molecule has 29 heavy (non-hydrogen) atoms. The number of nitrogens with zero attached hydrogens (tertiary/aromatic N) is 2. The molecule has 0 fully saturated rings. The molecule has 4 rings (SSSR count). The zero-order valence-electron chi connectivity index (χ0n) is 16.1. The van der Waals surface area contributed by atoms with Gasteiger partial charge in [0.2, 0.25) is 5.52 Å². The predicted octanol–water partition coefficient (Wildman–Crippen LogP) is 4.91. The van der Waals surface area contributed by atoms with Crippen molar-refractivity contribution in [1.82, 2.24) is 0 Å². The van der Waals surface area contributed by atoms with Crippen molar-refractivity contribution in [1.29, 1.82) is 0 Å². The van der Waals surface area contributed by atoms with E-state index in [1.807, 2.05) is 49.4 Å². The van der Waals surface area contributed by atoms with E-state index in [2.05, 4.69) is 30.0 Å². The molecule has 0 amide bonds. The normalized spacial score (nSPS) is 16.0. The minimum absolute atomic E-state index is 0.464. The van der Waals surface area contributed by atoms with Crippen LogP contribution in [0.4, 0.5) is 5.69 Å². The molecule has 0 spiro atoms. The summed E-state index contributed by atoms with van der Waals surface area (Å²) in [6.07, 6.45) is 4.09. The Morgan fingerprint density at radius 2 is 1.90 bits per heavy atom. The van der Waals surface area contributed by atoms with Crippen molar-refractivity contribution < 1.29 is 17.5 Å². The van der Waals surface area contributed by atoms with Crippen LogP contribution in [0.3, 0.4) is 0 Å². The van der Waals surface area contributed by atoms with Gasteiger partial charge >= 0.3 is 10.1 Å². The number of benzene rings is 2. The first kappa shape index (κ1) is 20.2. The van der Waals surface area contributed by atoms with Crippen molar-refractivity contribution in [2.75, 3.05) is 11.4 Å². The van der Waals surface area contributed by atoms with E-state index in [0.717, 1.165) is 32.4 Å². The number of aromatic nitrogens is 1. The highest BCUT2D eigenvalue weighted by Crippen LogP contribution is 2.45. The second-order valence-electron chi connectivity index (χ2n) is 6.73. The number of fused-ring (bicyclic) bond motifs is 2. The van der Waals surface area contributed by atoms with E-state index < -0.39 is 16.0 Å². The predicted molar refractivity (Wildman–Crippen MR) is 121 cm³/mol. The fourth-order valence-corrected chi connectivity index (χ4v) is 6.47. The van der Waals surface area contributed by atoms with Crippen LogP contribution in [0.1, 0.15) is 18.9 Å². The molecule has 0 saturated heterocycles. The Kier molecular flexibility index (Phi) is 5.52. The summed E-state index contributed by atoms with van der Waals surface area (Å²) in [7, 11) is -4.16. The Morgan fingerprint density at radius 1 is 1.17 bits per heavy atom. The highest BCUT2D eigenvalue weighted by molar-refractivity contribution is 8.03. The molecule has 0 bridgehead atoms. The van der Waals surface area contributed by atoms with Crippen molar-refractivity contribution in [3.63, 3.8) is 0 Å². The lowest BCUT2D eigenvalue weighted by molar-refractivity contribution is -0.649. The molecule has 0 unspecified atom stereocenters. The Labute approximate surface area is 178 Å². The molecule has 0 aliphatic carbocycles. The molecule has 8 heteroatoms. The first-order valence-corrected chi connectivity index (χ1v) is 12.4. The van der Waals surface area contributed by atoms with Crippen LogP contribution in [0.5, 0.6) is 0 Å². The number of allylic oxidation sites excluding steroid dienone is 2. The Hall–Kier alpha value is -2.13. The van der Waals surface area contributed by atoms with Gasteiger partial charge in [-0.3, -0.25) is 4.55 Å². The third kappa shape index (κ3) is 4.25. The van der Waals surface area contributed by atoms with E-state index in [-0.39, 0.29) is 0 Å². The summed E-state index contributed by atoms with van der Waals surface area (Å²) >= 11 is 3.24. The first-order chi connectivity index (χ1) is 13.9. The average Bonchev–Trinajstić information content (AvgIpc) is 3.18. The third-order valence-electron chi connectivity index (χ3n) is 4.58. The Morgan fingerprint density at radius 3 is 2.66 bits per heavy atom. The Balaban J connectivity index is 1.74. The standard InChI is InChI=1S/C21H20N2O3S3/c1-3-22-16-8-4-6-10-18(16)27-20(22)12-15(2)13-21-23(14-29(24,25)26)17-9-5-7-11-19(17)28-21/h4-13H,3,14H2,1-2H3/p+1. The molecule has 1 aromatic heterocycles. The fourth-order valence-electron chi connectivity index (χ4n) is 3.37. The average molecular weight is 446 g/mol. The largest absolute Gasteiger partial charge is 0.335 e. The highest BCUT2D eigenvalue weighted by atomic mass is 32.2. The van der Waals surface area contributed by atoms with E-state index in [4.69, 9.17) is 0 Å². The number of anilines is 1. The number of thioether (sulfide) groups is 1. The number of hydrogen-bond acceptors (Lipinski definition) is 5. The first-order valence-electron chi connectivity index (χ1n) is 9.16. The summed E-state index contributed by atoms with van der Waals surface area (Å²) in [5.74, 6) is -0.464. The zero-order valence-corrected chi connectivity index (χ0v) is 18.5. The maximum Gasteiger partial charge on any atom is 0.326 e. The third-order valence-corrected chi connectivity index (χ3v) is 7.39. The van der Waals surface area contributed by atoms with E-state index in [0.29, 0.717) is 0 Å². The van der Waals surface area contributed by atoms with E-state index >= 15 is 0 Å². The Bertz CT molecular complexity index is 1240. The lowest BCUT2D eigenvalue weighted by Gasteiger charge is -2.17. The molecule has 0 radical (unpaired) electrons. The molecular weight excluding hydrogens is 424 g/mol. The van der Waals surface area contributed by atoms with Gasteiger partial charge in [-0.15, -0.1) is 0 Å². The molecule has 0 saturated carbocycles. The van der Waals surface area contributed by atoms with Crippen molar-refractivity contribution in [2.24, 2.45) is 0 Å². The van der Waals surface area contributed by atoms with Gasteiger partial charge < -0.3 is 4.90 Å². The molecule has 1 aliphatic heterocycles. The maximum absolute atomic E-state index is 11.6. The number of thiazole rings is 1. The van der Waals surface area contributed by atoms with Crippen LogP contribution in [-0.2, 0) is 16.0 Å². The quantitative estimate of drug-likeness (QED) is 0.447. The van der Waals surface area contributed by atoms with E-state index in [1.165, 1.54) is 21.9 Å². The van der Waals surface area contributed by atoms with Gasteiger partial charge in [0, 0.05) is 23.6 Å². The number of para-hydroxylation sites is 2. The van der Waals surface area contributed by atoms with Crippen LogP contribution >= 0.6 is 23.1 Å². The topological polar surface area (TPSA) is 61.5 Å². The minimum atomic E-state index is -4.16. The van der Waals surface area contributed by atoms with Crippen LogP contribution in [0.25, 0.3) is 16.3 Å². The minimum Gasteiger partial charge on any atom is -0.335 e. The van der Waals surface area contributed by atoms with Crippen LogP contribution in [0, 0.1) is 0 Å². The maximum atomic E-state index is 11.6. The molecule has 150 valence electrons. The molecule has 0 atom stereocenters. The van der Waals surface area contributed by atoms with Crippen LogP contribution in [0.15, 0.2) is 70.1 Å². The summed E-state index contributed by atoms with van der Waals surface area (Å²) in [4.78, 5) is 3.51. The highest BCUT2D eigenvalue weighted by Gasteiger charge is 2.25. The van der Waals surface area contributed by atoms with Crippen molar-refractivity contribution in [3.05, 3.63) is 70.2 Å². The molecular formula is C21H21N2O3S3+. The number of hydrogen-bond donors (Lipinski definition) is 1. The van der Waals surface area contributed by atoms with E-state index in [9.17, 15) is 13.0 Å². The monoisotopic (exact) mass is 445 g/mol. The van der Waals surface area contributed by atoms with Gasteiger partial charge in [0.15, 0.2) is 0 Å². The van der Waals surface area contributed by atoms with Gasteiger partial charge in [0.25, 0.3) is 10.9 Å². The van der Waals surface area contributed by atoms with Gasteiger partial charge in [0.1, 0.15) is 4.70 Å². The summed E-state index contributed by atoms with van der Waals surface area (Å²) in [5, 5.41) is 1.92. The van der Waals surface area contributed by atoms with E-state index in [1.54, 1.807) is 16.3 Å². The van der Waals surface area contributed by atoms with Gasteiger partial charge in [-0.05, 0) is 43.7 Å². The summed E-state index contributed by atoms with van der Waals surface area (Å²) in [6.45, 7) is 5.00. The molecule has 1 N–H and O–H groups in total. The second kappa shape index (κ2) is 7.95. The van der Waals surface area contributed by atoms with Gasteiger partial charge in [-0.1, -0.05) is 47.4 Å². The van der Waals surface area contributed by atoms with Crippen LogP contribution in [-0.4, -0.2) is 19.5 Å². The lowest BCUT2D eigenvalue weighted by atomic mass is 10.2. The van der Waals surface area contributed by atoms with Crippen LogP contribution < -0.4 is 9.47 Å². The van der Waals surface area contributed by atoms with Crippen molar-refractivity contribution >= 4 is 55.2 Å². The molecule has 2 heterocycles. The summed E-state index contributed by atoms with van der Waals surface area (Å²) in [6, 6.07) is 15.9. The smallest absolute Gasteiger partial charge is 0.326 e. The van der Waals surface area contributed by atoms with Crippen molar-refractivity contribution in [2.45, 2.75) is 24.6 Å². The lowest BCUT2D eigenvalue weighted by Crippen LogP contribution is -2.39. The fraction of sp³-hybridized carbons (Fsp3) is 0.190. The SMILES string of the molecule is CCN1/C(=C/C(C)=C/c2sc3ccccc3[n+]2CS(=O)(=O)O)Sc2ccccc21. The van der Waals surface area contributed by atoms with Gasteiger partial charge in [-0.2, -0.15) is 13.0 Å². The zero-order chi connectivity index (χ0) is 20.6. The van der Waals surface area contributed by atoms with Gasteiger partial charge in [0.05, 0.1) is 10.7 Å². The van der Waals surface area contributed by atoms with Gasteiger partial charge in [-0.25, -0.2) is 0 Å². The van der Waals surface area contributed by atoms with Crippen molar-refractivity contribution in [3.8, 4) is 0 Å². The summed E-state index contributed by atoms with van der Waals surface area (Å²) < 4.78 is 35.2.